The first-order valence-electron chi connectivity index (χ1n) is 8.06. The fourth-order valence-electron chi connectivity index (χ4n) is 3.40. The second-order valence-electron chi connectivity index (χ2n) is 6.19. The van der Waals surface area contributed by atoms with Crippen LogP contribution in [0.1, 0.15) is 16.6 Å². The number of hydrogen-bond acceptors (Lipinski definition) is 6. The van der Waals surface area contributed by atoms with Crippen molar-refractivity contribution in [1.29, 1.82) is 0 Å². The minimum atomic E-state index is 0.127. The maximum atomic E-state index is 9.50. The Bertz CT molecular complexity index is 702. The molecule has 2 aliphatic rings. The van der Waals surface area contributed by atoms with Crippen molar-refractivity contribution in [2.45, 2.75) is 19.1 Å². The molecule has 1 saturated heterocycles. The number of fused-ring (bicyclic) bond motifs is 2. The zero-order chi connectivity index (χ0) is 15.8. The number of nitrogens with one attached hydrogen (secondary N) is 3. The van der Waals surface area contributed by atoms with Gasteiger partial charge in [-0.3, -0.25) is 4.90 Å². The Morgan fingerprint density at radius 3 is 2.96 bits per heavy atom. The van der Waals surface area contributed by atoms with E-state index in [9.17, 15) is 5.11 Å². The number of piperazine rings is 1. The monoisotopic (exact) mass is 330 g/mol. The maximum absolute atomic E-state index is 9.50. The van der Waals surface area contributed by atoms with Crippen molar-refractivity contribution in [3.63, 3.8) is 0 Å². The Balaban J connectivity index is 1.72. The summed E-state index contributed by atoms with van der Waals surface area (Å²) in [6, 6.07) is 10.7. The van der Waals surface area contributed by atoms with Crippen molar-refractivity contribution in [3.8, 4) is 0 Å². The molecule has 1 aromatic carbocycles. The average molecular weight is 330 g/mol. The molecule has 2 atom stereocenters. The molecule has 5 nitrogen and oxygen atoms in total. The molecule has 2 aromatic rings. The first kappa shape index (κ1) is 15.0. The Labute approximate surface area is 140 Å². The molecular weight excluding hydrogens is 308 g/mol. The minimum Gasteiger partial charge on any atom is -0.395 e. The van der Waals surface area contributed by atoms with Crippen molar-refractivity contribution in [1.82, 2.24) is 10.2 Å². The highest BCUT2D eigenvalue weighted by Gasteiger charge is 2.31. The molecule has 2 aliphatic heterocycles. The van der Waals surface area contributed by atoms with E-state index in [1.165, 1.54) is 15.4 Å². The molecule has 1 fully saturated rings. The number of para-hydroxylation sites is 2. The van der Waals surface area contributed by atoms with Gasteiger partial charge in [-0.2, -0.15) is 0 Å². The van der Waals surface area contributed by atoms with Gasteiger partial charge in [0.05, 0.1) is 23.0 Å². The third-order valence-electron chi connectivity index (χ3n) is 4.52. The molecule has 0 spiro atoms. The van der Waals surface area contributed by atoms with Crippen LogP contribution < -0.4 is 16.0 Å². The van der Waals surface area contributed by atoms with Gasteiger partial charge in [0.25, 0.3) is 0 Å². The summed E-state index contributed by atoms with van der Waals surface area (Å²) >= 11 is 1.80. The fourth-order valence-corrected chi connectivity index (χ4v) is 4.35. The van der Waals surface area contributed by atoms with Crippen LogP contribution >= 0.6 is 11.3 Å². The minimum absolute atomic E-state index is 0.127. The number of rotatable bonds is 2. The van der Waals surface area contributed by atoms with Crippen LogP contribution in [0.25, 0.3) is 0 Å². The molecular formula is C17H22N4OS. The van der Waals surface area contributed by atoms with E-state index in [1.54, 1.807) is 11.3 Å². The molecule has 0 radical (unpaired) electrons. The van der Waals surface area contributed by atoms with Gasteiger partial charge in [-0.15, -0.1) is 11.3 Å². The second-order valence-corrected chi connectivity index (χ2v) is 7.44. The van der Waals surface area contributed by atoms with Gasteiger partial charge < -0.3 is 21.1 Å². The van der Waals surface area contributed by atoms with Gasteiger partial charge in [0, 0.05) is 36.1 Å². The first-order chi connectivity index (χ1) is 11.2. The van der Waals surface area contributed by atoms with E-state index in [0.717, 1.165) is 31.0 Å². The van der Waals surface area contributed by atoms with Crippen LogP contribution in [0.5, 0.6) is 0 Å². The number of anilines is 3. The molecule has 4 N–H and O–H groups in total. The smallest absolute Gasteiger partial charge is 0.109 e. The molecule has 122 valence electrons. The Hall–Kier alpha value is -1.60. The number of nitrogens with zero attached hydrogens (tertiary/aromatic N) is 1. The lowest BCUT2D eigenvalue weighted by Gasteiger charge is -2.38. The summed E-state index contributed by atoms with van der Waals surface area (Å²) < 4.78 is 0. The lowest BCUT2D eigenvalue weighted by atomic mass is 10.1. The topological polar surface area (TPSA) is 59.6 Å². The number of aliphatic hydroxyl groups excluding tert-OH is 1. The van der Waals surface area contributed by atoms with Crippen molar-refractivity contribution in [2.24, 2.45) is 0 Å². The fraction of sp³-hybridized carbons (Fsp3) is 0.412. The molecule has 0 saturated carbocycles. The molecule has 0 aliphatic carbocycles. The first-order valence-corrected chi connectivity index (χ1v) is 8.87. The Morgan fingerprint density at radius 2 is 2.13 bits per heavy atom. The summed E-state index contributed by atoms with van der Waals surface area (Å²) in [6.07, 6.45) is 0.127. The van der Waals surface area contributed by atoms with Crippen LogP contribution in [0, 0.1) is 6.92 Å². The average Bonchev–Trinajstić information content (AvgIpc) is 2.86. The Morgan fingerprint density at radius 1 is 1.30 bits per heavy atom. The highest BCUT2D eigenvalue weighted by Crippen LogP contribution is 2.42. The van der Waals surface area contributed by atoms with Crippen molar-refractivity contribution in [2.75, 3.05) is 36.9 Å². The zero-order valence-corrected chi connectivity index (χ0v) is 14.0. The van der Waals surface area contributed by atoms with E-state index < -0.39 is 0 Å². The summed E-state index contributed by atoms with van der Waals surface area (Å²) in [5, 5.41) is 21.4. The third-order valence-corrected chi connectivity index (χ3v) is 5.50. The van der Waals surface area contributed by atoms with Crippen molar-refractivity contribution >= 4 is 27.7 Å². The second kappa shape index (κ2) is 6.13. The molecule has 1 aromatic heterocycles. The molecule has 4 rings (SSSR count). The molecule has 6 heteroatoms. The maximum Gasteiger partial charge on any atom is 0.109 e. The van der Waals surface area contributed by atoms with E-state index in [1.807, 2.05) is 0 Å². The number of benzene rings is 1. The number of aliphatic hydroxyl groups is 1. The number of aryl methyl sites for hydroxylation is 1. The van der Waals surface area contributed by atoms with Gasteiger partial charge in [0.1, 0.15) is 6.17 Å². The van der Waals surface area contributed by atoms with Gasteiger partial charge in [-0.1, -0.05) is 12.1 Å². The lowest BCUT2D eigenvalue weighted by molar-refractivity contribution is 0.122. The van der Waals surface area contributed by atoms with Gasteiger partial charge in [-0.05, 0) is 25.1 Å². The predicted molar refractivity (Wildman–Crippen MR) is 95.6 cm³/mol. The van der Waals surface area contributed by atoms with Crippen LogP contribution in [0.2, 0.25) is 0 Å². The Kier molecular flexibility index (Phi) is 3.98. The van der Waals surface area contributed by atoms with Crippen LogP contribution in [0.3, 0.4) is 0 Å². The SMILES string of the molecule is Cc1cc2c(s1)Nc1ccccc1NC2N1CCN[C@@H](CO)C1. The highest BCUT2D eigenvalue weighted by atomic mass is 32.1. The van der Waals surface area contributed by atoms with Gasteiger partial charge in [-0.25, -0.2) is 0 Å². The number of thiophene rings is 1. The molecule has 3 heterocycles. The van der Waals surface area contributed by atoms with Crippen LogP contribution in [0.4, 0.5) is 16.4 Å². The molecule has 1 unspecified atom stereocenters. The lowest BCUT2D eigenvalue weighted by Crippen LogP contribution is -2.54. The van der Waals surface area contributed by atoms with Gasteiger partial charge >= 0.3 is 0 Å². The molecule has 0 bridgehead atoms. The number of hydrogen-bond donors (Lipinski definition) is 4. The zero-order valence-electron chi connectivity index (χ0n) is 13.2. The normalized spacial score (nSPS) is 24.1. The summed E-state index contributed by atoms with van der Waals surface area (Å²) in [5.74, 6) is 0. The van der Waals surface area contributed by atoms with Crippen LogP contribution in [-0.4, -0.2) is 42.3 Å². The van der Waals surface area contributed by atoms with Gasteiger partial charge in [0.2, 0.25) is 0 Å². The summed E-state index contributed by atoms with van der Waals surface area (Å²) in [6.45, 7) is 5.03. The van der Waals surface area contributed by atoms with Crippen molar-refractivity contribution in [3.05, 3.63) is 40.8 Å². The van der Waals surface area contributed by atoms with E-state index >= 15 is 0 Å². The summed E-state index contributed by atoms with van der Waals surface area (Å²) in [7, 11) is 0. The standard InChI is InChI=1S/C17H22N4OS/c1-11-8-13-16(21-7-6-18-12(9-21)10-22)19-14-4-2-3-5-15(14)20-17(13)23-11/h2-5,8,12,16,18-20,22H,6-7,9-10H2,1H3/t12-,16?/m1/s1. The summed E-state index contributed by atoms with van der Waals surface area (Å²) in [4.78, 5) is 3.73. The molecule has 23 heavy (non-hydrogen) atoms. The predicted octanol–water partition coefficient (Wildman–Crippen LogP) is 2.49. The van der Waals surface area contributed by atoms with E-state index in [4.69, 9.17) is 0 Å². The van der Waals surface area contributed by atoms with Gasteiger partial charge in [0.15, 0.2) is 0 Å². The molecule has 0 amide bonds. The van der Waals surface area contributed by atoms with Crippen LogP contribution in [-0.2, 0) is 0 Å². The summed E-state index contributed by atoms with van der Waals surface area (Å²) in [5.41, 5.74) is 3.53. The van der Waals surface area contributed by atoms with E-state index in [2.05, 4.69) is 58.1 Å². The quantitative estimate of drug-likeness (QED) is 0.682. The third kappa shape index (κ3) is 2.83. The van der Waals surface area contributed by atoms with Crippen molar-refractivity contribution < 1.29 is 5.11 Å². The van der Waals surface area contributed by atoms with E-state index in [0.29, 0.717) is 0 Å². The van der Waals surface area contributed by atoms with E-state index in [-0.39, 0.29) is 18.8 Å². The highest BCUT2D eigenvalue weighted by molar-refractivity contribution is 7.16. The largest absolute Gasteiger partial charge is 0.395 e. The van der Waals surface area contributed by atoms with Crippen LogP contribution in [0.15, 0.2) is 30.3 Å².